The first-order valence-electron chi connectivity index (χ1n) is 3.50. The van der Waals surface area contributed by atoms with Gasteiger partial charge in [-0.05, 0) is 6.54 Å². The standard InChI is InChI=1S/C4H13NO6P2/c1-2-5-3-4(12(6,7)8)13(9,10)11/h4-5H,2-3H2,1H3,(H2,6,7,8)(H2,9,10,11). The second-order valence-electron chi connectivity index (χ2n) is 2.47. The Morgan fingerprint density at radius 2 is 1.54 bits per heavy atom. The van der Waals surface area contributed by atoms with Crippen molar-refractivity contribution in [3.05, 3.63) is 0 Å². The van der Waals surface area contributed by atoms with Crippen molar-refractivity contribution in [1.29, 1.82) is 0 Å². The average Bonchev–Trinajstić information content (AvgIpc) is 1.81. The molecular weight excluding hydrogens is 220 g/mol. The Balaban J connectivity index is 4.59. The monoisotopic (exact) mass is 233 g/mol. The SMILES string of the molecule is CCNCC(P(=O)(O)O)P(=O)(O)O. The number of hydrogen-bond donors (Lipinski definition) is 5. The summed E-state index contributed by atoms with van der Waals surface area (Å²) in [6, 6.07) is 0. The zero-order chi connectivity index (χ0) is 10.7. The molecule has 0 atom stereocenters. The topological polar surface area (TPSA) is 127 Å². The maximum atomic E-state index is 10.6. The minimum atomic E-state index is -4.75. The van der Waals surface area contributed by atoms with Crippen LogP contribution in [0.15, 0.2) is 0 Å². The molecule has 0 aliphatic rings. The average molecular weight is 233 g/mol. The summed E-state index contributed by atoms with van der Waals surface area (Å²) in [5, 5.41) is 0.532. The first kappa shape index (κ1) is 13.3. The van der Waals surface area contributed by atoms with Gasteiger partial charge in [0, 0.05) is 6.54 Å². The molecule has 0 amide bonds. The van der Waals surface area contributed by atoms with Crippen LogP contribution in [-0.2, 0) is 9.13 Å². The molecule has 7 nitrogen and oxygen atoms in total. The van der Waals surface area contributed by atoms with Crippen molar-refractivity contribution in [2.75, 3.05) is 13.1 Å². The van der Waals surface area contributed by atoms with Crippen LogP contribution in [0.2, 0.25) is 0 Å². The van der Waals surface area contributed by atoms with Crippen LogP contribution >= 0.6 is 15.2 Å². The van der Waals surface area contributed by atoms with Gasteiger partial charge in [-0.15, -0.1) is 0 Å². The van der Waals surface area contributed by atoms with E-state index in [1.165, 1.54) is 0 Å². The van der Waals surface area contributed by atoms with E-state index < -0.39 is 27.1 Å². The second kappa shape index (κ2) is 4.66. The predicted molar refractivity (Wildman–Crippen MR) is 46.4 cm³/mol. The Morgan fingerprint density at radius 3 is 1.77 bits per heavy atom. The molecule has 9 heteroatoms. The van der Waals surface area contributed by atoms with Gasteiger partial charge in [0.05, 0.1) is 0 Å². The van der Waals surface area contributed by atoms with Gasteiger partial charge >= 0.3 is 15.2 Å². The predicted octanol–water partition coefficient (Wildman–Crippen LogP) is -0.723. The molecule has 0 rings (SSSR count). The largest absolute Gasteiger partial charge is 0.342 e. The smallest absolute Gasteiger partial charge is 0.324 e. The molecule has 0 saturated carbocycles. The van der Waals surface area contributed by atoms with Crippen LogP contribution in [0.4, 0.5) is 0 Å². The Kier molecular flexibility index (Phi) is 4.76. The minimum Gasteiger partial charge on any atom is -0.324 e. The van der Waals surface area contributed by atoms with Gasteiger partial charge in [-0.1, -0.05) is 6.92 Å². The summed E-state index contributed by atoms with van der Waals surface area (Å²) >= 11 is 0. The van der Waals surface area contributed by atoms with E-state index in [0.29, 0.717) is 6.54 Å². The highest BCUT2D eigenvalue weighted by molar-refractivity contribution is 7.70. The van der Waals surface area contributed by atoms with Gasteiger partial charge in [0.2, 0.25) is 0 Å². The molecule has 0 heterocycles. The van der Waals surface area contributed by atoms with Gasteiger partial charge < -0.3 is 24.9 Å². The first-order chi connectivity index (χ1) is 5.69. The van der Waals surface area contributed by atoms with Crippen molar-refractivity contribution in [2.45, 2.75) is 12.3 Å². The summed E-state index contributed by atoms with van der Waals surface area (Å²) in [4.78, 5) is 34.5. The molecule has 0 aliphatic heterocycles. The van der Waals surface area contributed by atoms with Gasteiger partial charge in [-0.2, -0.15) is 0 Å². The van der Waals surface area contributed by atoms with Crippen LogP contribution in [0.25, 0.3) is 0 Å². The number of rotatable bonds is 5. The maximum Gasteiger partial charge on any atom is 0.342 e. The molecule has 0 spiro atoms. The van der Waals surface area contributed by atoms with Crippen LogP contribution < -0.4 is 5.32 Å². The van der Waals surface area contributed by atoms with Crippen molar-refractivity contribution >= 4 is 15.2 Å². The fourth-order valence-electron chi connectivity index (χ4n) is 0.707. The third kappa shape index (κ3) is 4.88. The maximum absolute atomic E-state index is 10.6. The normalized spacial score (nSPS) is 13.7. The van der Waals surface area contributed by atoms with Crippen LogP contribution in [0.1, 0.15) is 6.92 Å². The lowest BCUT2D eigenvalue weighted by molar-refractivity contribution is 0.336. The lowest BCUT2D eigenvalue weighted by atomic mass is 10.7. The lowest BCUT2D eigenvalue weighted by Crippen LogP contribution is -2.26. The summed E-state index contributed by atoms with van der Waals surface area (Å²) in [7, 11) is -9.51. The van der Waals surface area contributed by atoms with Gasteiger partial charge in [0.1, 0.15) is 0 Å². The van der Waals surface area contributed by atoms with Crippen LogP contribution in [-0.4, -0.2) is 38.1 Å². The molecule has 80 valence electrons. The Morgan fingerprint density at radius 1 is 1.15 bits per heavy atom. The lowest BCUT2D eigenvalue weighted by Gasteiger charge is -2.19. The summed E-state index contributed by atoms with van der Waals surface area (Å²) < 4.78 is 21.3. The molecule has 0 unspecified atom stereocenters. The van der Waals surface area contributed by atoms with Crippen molar-refractivity contribution in [1.82, 2.24) is 5.32 Å². The van der Waals surface area contributed by atoms with E-state index in [1.807, 2.05) is 0 Å². The second-order valence-corrected chi connectivity index (χ2v) is 6.48. The van der Waals surface area contributed by atoms with E-state index in [2.05, 4.69) is 5.32 Å². The van der Waals surface area contributed by atoms with Crippen molar-refractivity contribution in [3.63, 3.8) is 0 Å². The fourth-order valence-corrected chi connectivity index (χ4v) is 3.01. The number of nitrogens with one attached hydrogen (secondary N) is 1. The van der Waals surface area contributed by atoms with Gasteiger partial charge in [-0.3, -0.25) is 9.13 Å². The first-order valence-corrected chi connectivity index (χ1v) is 6.87. The fraction of sp³-hybridized carbons (Fsp3) is 1.00. The van der Waals surface area contributed by atoms with Crippen molar-refractivity contribution in [2.24, 2.45) is 0 Å². The van der Waals surface area contributed by atoms with Crippen LogP contribution in [0, 0.1) is 0 Å². The van der Waals surface area contributed by atoms with E-state index in [-0.39, 0.29) is 0 Å². The van der Waals surface area contributed by atoms with Gasteiger partial charge in [-0.25, -0.2) is 0 Å². The molecule has 5 N–H and O–H groups in total. The summed E-state index contributed by atoms with van der Waals surface area (Å²) in [5.41, 5.74) is 0. The Hall–Kier alpha value is 0.260. The molecule has 0 aromatic heterocycles. The highest BCUT2D eigenvalue weighted by Gasteiger charge is 2.42. The molecule has 0 bridgehead atoms. The highest BCUT2D eigenvalue weighted by Crippen LogP contribution is 2.59. The van der Waals surface area contributed by atoms with E-state index in [1.54, 1.807) is 6.92 Å². The zero-order valence-electron chi connectivity index (χ0n) is 6.99. The van der Waals surface area contributed by atoms with Crippen molar-refractivity contribution < 1.29 is 28.7 Å². The summed E-state index contributed by atoms with van der Waals surface area (Å²) in [5.74, 6) is 0. The molecule has 0 aliphatic carbocycles. The molecule has 0 radical (unpaired) electrons. The van der Waals surface area contributed by atoms with Gasteiger partial charge in [0.15, 0.2) is 5.40 Å². The molecular formula is C4H13NO6P2. The third-order valence-electron chi connectivity index (χ3n) is 1.35. The molecule has 13 heavy (non-hydrogen) atoms. The quantitative estimate of drug-likeness (QED) is 0.396. The zero-order valence-corrected chi connectivity index (χ0v) is 8.78. The third-order valence-corrected chi connectivity index (χ3v) is 5.08. The van der Waals surface area contributed by atoms with E-state index in [4.69, 9.17) is 19.6 Å². The highest BCUT2D eigenvalue weighted by atomic mass is 31.2. The van der Waals surface area contributed by atoms with E-state index in [9.17, 15) is 9.13 Å². The minimum absolute atomic E-state index is 0.385. The Bertz CT molecular complexity index is 221. The summed E-state index contributed by atoms with van der Waals surface area (Å²) in [6.07, 6.45) is 0. The molecule has 0 aromatic carbocycles. The van der Waals surface area contributed by atoms with Gasteiger partial charge in [0.25, 0.3) is 0 Å². The van der Waals surface area contributed by atoms with Crippen molar-refractivity contribution in [3.8, 4) is 0 Å². The van der Waals surface area contributed by atoms with Crippen LogP contribution in [0.5, 0.6) is 0 Å². The number of hydrogen-bond acceptors (Lipinski definition) is 3. The molecule has 0 saturated heterocycles. The van der Waals surface area contributed by atoms with Crippen LogP contribution in [0.3, 0.4) is 0 Å². The molecule has 0 fully saturated rings. The Labute approximate surface area is 75.5 Å². The van der Waals surface area contributed by atoms with E-state index in [0.717, 1.165) is 0 Å². The molecule has 0 aromatic rings. The summed E-state index contributed by atoms with van der Waals surface area (Å²) in [6.45, 7) is 1.65. The van der Waals surface area contributed by atoms with E-state index >= 15 is 0 Å².